The second-order valence-electron chi connectivity index (χ2n) is 2.45. The van der Waals surface area contributed by atoms with Gasteiger partial charge in [0.05, 0.1) is 0 Å². The summed E-state index contributed by atoms with van der Waals surface area (Å²) in [5.74, 6) is 0. The lowest BCUT2D eigenvalue weighted by molar-refractivity contribution is 1.42. The van der Waals surface area contributed by atoms with Gasteiger partial charge in [-0.25, -0.2) is 0 Å². The van der Waals surface area contributed by atoms with Gasteiger partial charge < -0.3 is 0 Å². The lowest BCUT2D eigenvalue weighted by Gasteiger charge is -1.95. The second-order valence-corrected chi connectivity index (χ2v) is 3.71. The third-order valence-electron chi connectivity index (χ3n) is 1.46. The average molecular weight is 151 g/mol. The predicted molar refractivity (Wildman–Crippen MR) is 45.3 cm³/mol. The monoisotopic (exact) mass is 151 g/mol. The fourth-order valence-electron chi connectivity index (χ4n) is 0.808. The summed E-state index contributed by atoms with van der Waals surface area (Å²) in [6.45, 7) is 0. The van der Waals surface area contributed by atoms with Crippen molar-refractivity contribution in [2.24, 2.45) is 0 Å². The smallest absolute Gasteiger partial charge is 0.0420 e. The van der Waals surface area contributed by atoms with Crippen LogP contribution >= 0.6 is 11.8 Å². The molecule has 1 heteroatoms. The minimum Gasteiger partial charge on any atom is -0.123 e. The predicted octanol–water partition coefficient (Wildman–Crippen LogP) is 2.94. The summed E-state index contributed by atoms with van der Waals surface area (Å²) in [6, 6.07) is 10.2. The van der Waals surface area contributed by atoms with Crippen molar-refractivity contribution in [3.05, 3.63) is 30.3 Å². The highest BCUT2D eigenvalue weighted by molar-refractivity contribution is 8.00. The van der Waals surface area contributed by atoms with Crippen LogP contribution in [-0.2, 0) is 0 Å². The molecule has 0 radical (unpaired) electrons. The van der Waals surface area contributed by atoms with E-state index in [0.29, 0.717) is 0 Å². The molecule has 2 rings (SSSR count). The van der Waals surface area contributed by atoms with Crippen LogP contribution in [0.2, 0.25) is 0 Å². The van der Waals surface area contributed by atoms with Gasteiger partial charge in [0, 0.05) is 11.5 Å². The molecule has 1 fully saturated rings. The number of rotatable bonds is 2. The molecule has 0 heterocycles. The molecule has 0 saturated heterocycles. The normalized spacial score (nSPS) is 21.8. The fraction of sp³-hybridized carbons (Fsp3) is 0.333. The van der Waals surface area contributed by atoms with Crippen molar-refractivity contribution in [3.8, 4) is 0 Å². The van der Waals surface area contributed by atoms with Gasteiger partial charge in [-0.15, -0.1) is 11.8 Å². The van der Waals surface area contributed by atoms with E-state index in [1.807, 2.05) is 18.2 Å². The van der Waals surface area contributed by atoms with Gasteiger partial charge in [0.2, 0.25) is 0 Å². The van der Waals surface area contributed by atoms with Crippen LogP contribution < -0.4 is 0 Å². The molecule has 1 saturated carbocycles. The zero-order chi connectivity index (χ0) is 7.73. The maximum atomic E-state index is 7.74. The van der Waals surface area contributed by atoms with E-state index in [1.54, 1.807) is 11.8 Å². The minimum atomic E-state index is -0.179. The Labute approximate surface area is 67.0 Å². The maximum Gasteiger partial charge on any atom is 0.0420 e. The van der Waals surface area contributed by atoms with Crippen molar-refractivity contribution in [2.75, 3.05) is 0 Å². The summed E-state index contributed by atoms with van der Waals surface area (Å²) < 4.78 is 7.74. The Morgan fingerprint density at radius 1 is 1.30 bits per heavy atom. The summed E-state index contributed by atoms with van der Waals surface area (Å²) >= 11 is 1.68. The average Bonchev–Trinajstić information content (AvgIpc) is 2.70. The van der Waals surface area contributed by atoms with Crippen molar-refractivity contribution < 1.29 is 1.37 Å². The van der Waals surface area contributed by atoms with E-state index in [9.17, 15) is 0 Å². The van der Waals surface area contributed by atoms with Gasteiger partial charge in [0.25, 0.3) is 0 Å². The third kappa shape index (κ3) is 1.54. The zero-order valence-corrected chi connectivity index (χ0v) is 6.53. The molecule has 0 atom stereocenters. The Kier molecular flexibility index (Phi) is 1.40. The minimum absolute atomic E-state index is 0.179. The number of benzene rings is 1. The lowest BCUT2D eigenvalue weighted by atomic mass is 10.4. The van der Waals surface area contributed by atoms with Gasteiger partial charge in [-0.1, -0.05) is 18.2 Å². The topological polar surface area (TPSA) is 0 Å². The van der Waals surface area contributed by atoms with Crippen LogP contribution in [0.15, 0.2) is 35.2 Å². The summed E-state index contributed by atoms with van der Waals surface area (Å²) in [5, 5.41) is -0.179. The van der Waals surface area contributed by atoms with Crippen molar-refractivity contribution in [2.45, 2.75) is 23.0 Å². The number of hydrogen-bond donors (Lipinski definition) is 0. The van der Waals surface area contributed by atoms with E-state index >= 15 is 0 Å². The summed E-state index contributed by atoms with van der Waals surface area (Å²) in [5.41, 5.74) is 0. The molecule has 0 amide bonds. The SMILES string of the molecule is [2H]C1(Sc2ccccc2)CC1. The van der Waals surface area contributed by atoms with Crippen LogP contribution in [0.1, 0.15) is 14.2 Å². The molecular weight excluding hydrogens is 140 g/mol. The second kappa shape index (κ2) is 2.67. The Bertz CT molecular complexity index is 241. The van der Waals surface area contributed by atoms with Gasteiger partial charge in [-0.05, 0) is 25.0 Å². The van der Waals surface area contributed by atoms with E-state index in [0.717, 1.165) is 12.8 Å². The highest BCUT2D eigenvalue weighted by Gasteiger charge is 2.21. The van der Waals surface area contributed by atoms with Gasteiger partial charge in [-0.3, -0.25) is 0 Å². The third-order valence-corrected chi connectivity index (χ3v) is 2.66. The molecule has 0 bridgehead atoms. The summed E-state index contributed by atoms with van der Waals surface area (Å²) in [4.78, 5) is 1.22. The Morgan fingerprint density at radius 2 is 2.00 bits per heavy atom. The number of hydrogen-bond acceptors (Lipinski definition) is 1. The van der Waals surface area contributed by atoms with Gasteiger partial charge in [0.1, 0.15) is 0 Å². The Morgan fingerprint density at radius 3 is 2.60 bits per heavy atom. The van der Waals surface area contributed by atoms with Crippen LogP contribution in [0.4, 0.5) is 0 Å². The van der Waals surface area contributed by atoms with Crippen LogP contribution in [-0.4, -0.2) is 5.23 Å². The van der Waals surface area contributed by atoms with Crippen molar-refractivity contribution in [3.63, 3.8) is 0 Å². The summed E-state index contributed by atoms with van der Waals surface area (Å²) in [7, 11) is 0. The Hall–Kier alpha value is -0.430. The maximum absolute atomic E-state index is 7.74. The van der Waals surface area contributed by atoms with Gasteiger partial charge in [-0.2, -0.15) is 0 Å². The molecule has 0 unspecified atom stereocenters. The standard InChI is InChI=1S/C9H10S/c1-2-4-8(5-3-1)10-9-6-7-9/h1-5,9H,6-7H2/i9D. The molecule has 0 N–H and O–H groups in total. The first kappa shape index (κ1) is 5.25. The highest BCUT2D eigenvalue weighted by Crippen LogP contribution is 2.38. The van der Waals surface area contributed by atoms with E-state index in [-0.39, 0.29) is 5.23 Å². The molecule has 0 aliphatic heterocycles. The molecule has 0 spiro atoms. The van der Waals surface area contributed by atoms with Crippen LogP contribution in [0, 0.1) is 0 Å². The largest absolute Gasteiger partial charge is 0.123 e. The lowest BCUT2D eigenvalue weighted by Crippen LogP contribution is -1.72. The first-order chi connectivity index (χ1) is 5.29. The Balaban J connectivity index is 2.07. The quantitative estimate of drug-likeness (QED) is 0.626. The van der Waals surface area contributed by atoms with E-state index < -0.39 is 0 Å². The molecule has 1 aromatic rings. The van der Waals surface area contributed by atoms with E-state index in [4.69, 9.17) is 1.37 Å². The summed E-state index contributed by atoms with van der Waals surface area (Å²) in [6.07, 6.45) is 2.10. The highest BCUT2D eigenvalue weighted by atomic mass is 32.2. The van der Waals surface area contributed by atoms with Gasteiger partial charge >= 0.3 is 0 Å². The molecule has 0 aromatic heterocycles. The fourth-order valence-corrected chi connectivity index (χ4v) is 1.74. The molecular formula is C9H10S. The van der Waals surface area contributed by atoms with Crippen molar-refractivity contribution in [1.82, 2.24) is 0 Å². The first-order valence-corrected chi connectivity index (χ1v) is 4.34. The van der Waals surface area contributed by atoms with Crippen molar-refractivity contribution in [1.29, 1.82) is 0 Å². The van der Waals surface area contributed by atoms with Crippen LogP contribution in [0.5, 0.6) is 0 Å². The van der Waals surface area contributed by atoms with Crippen molar-refractivity contribution >= 4 is 11.8 Å². The first-order valence-electron chi connectivity index (χ1n) is 4.03. The molecule has 0 nitrogen and oxygen atoms in total. The van der Waals surface area contributed by atoms with Crippen LogP contribution in [0.3, 0.4) is 0 Å². The van der Waals surface area contributed by atoms with E-state index in [2.05, 4.69) is 12.1 Å². The molecule has 10 heavy (non-hydrogen) atoms. The zero-order valence-electron chi connectivity index (χ0n) is 6.71. The van der Waals surface area contributed by atoms with E-state index in [1.165, 1.54) is 4.90 Å². The molecule has 52 valence electrons. The van der Waals surface area contributed by atoms with Crippen LogP contribution in [0.25, 0.3) is 0 Å². The molecule has 1 aliphatic rings. The number of thioether (sulfide) groups is 1. The van der Waals surface area contributed by atoms with Gasteiger partial charge in [0.15, 0.2) is 0 Å². The molecule has 1 aliphatic carbocycles. The molecule has 1 aromatic carbocycles.